The molecule has 2 heterocycles. The molecule has 132 valence electrons. The summed E-state index contributed by atoms with van der Waals surface area (Å²) in [5, 5.41) is 11.2. The Balaban J connectivity index is 1.70. The van der Waals surface area contributed by atoms with Gasteiger partial charge < -0.3 is 9.80 Å². The van der Waals surface area contributed by atoms with Crippen molar-refractivity contribution < 1.29 is 9.72 Å². The monoisotopic (exact) mass is 350 g/mol. The molecular formula is C19H18N4O3. The van der Waals surface area contributed by atoms with E-state index in [4.69, 9.17) is 0 Å². The lowest BCUT2D eigenvalue weighted by Crippen LogP contribution is -2.54. The number of nitrogens with zero attached hydrogens (tertiary/aromatic N) is 4. The molecule has 0 radical (unpaired) electrons. The predicted octanol–water partition coefficient (Wildman–Crippen LogP) is 2.08. The van der Waals surface area contributed by atoms with E-state index in [1.54, 1.807) is 11.0 Å². The molecule has 1 saturated heterocycles. The lowest BCUT2D eigenvalue weighted by molar-refractivity contribution is -0.384. The quantitative estimate of drug-likeness (QED) is 0.471. The molecule has 1 unspecified atom stereocenters. The predicted molar refractivity (Wildman–Crippen MR) is 97.6 cm³/mol. The van der Waals surface area contributed by atoms with Crippen molar-refractivity contribution >= 4 is 17.4 Å². The maximum Gasteiger partial charge on any atom is 0.311 e. The summed E-state index contributed by atoms with van der Waals surface area (Å²) >= 11 is 0. The fraction of sp³-hybridized carbons (Fsp3) is 0.263. The van der Waals surface area contributed by atoms with Crippen LogP contribution in [0.1, 0.15) is 12.5 Å². The van der Waals surface area contributed by atoms with Crippen LogP contribution in [0, 0.1) is 22.0 Å². The summed E-state index contributed by atoms with van der Waals surface area (Å²) in [7, 11) is 0. The maximum atomic E-state index is 12.4. The number of carbonyl (C=O) groups is 1. The highest BCUT2D eigenvalue weighted by atomic mass is 16.6. The zero-order chi connectivity index (χ0) is 18.5. The van der Waals surface area contributed by atoms with Crippen molar-refractivity contribution in [2.24, 2.45) is 0 Å². The number of benzene rings is 1. The Bertz CT molecular complexity index is 873. The first kappa shape index (κ1) is 17.4. The zero-order valence-corrected chi connectivity index (χ0v) is 14.3. The largest absolute Gasteiger partial charge is 0.347 e. The Morgan fingerprint density at radius 1 is 1.23 bits per heavy atom. The van der Waals surface area contributed by atoms with Crippen LogP contribution in [0.3, 0.4) is 0 Å². The molecule has 0 spiro atoms. The second kappa shape index (κ2) is 7.66. The Morgan fingerprint density at radius 3 is 2.69 bits per heavy atom. The highest BCUT2D eigenvalue weighted by molar-refractivity contribution is 5.94. The van der Waals surface area contributed by atoms with Gasteiger partial charge >= 0.3 is 5.69 Å². The van der Waals surface area contributed by atoms with E-state index < -0.39 is 4.92 Å². The summed E-state index contributed by atoms with van der Waals surface area (Å²) in [5.74, 6) is 5.65. The van der Waals surface area contributed by atoms with Crippen LogP contribution in [0.25, 0.3) is 0 Å². The third kappa shape index (κ3) is 3.81. The van der Waals surface area contributed by atoms with E-state index >= 15 is 0 Å². The Kier molecular flexibility index (Phi) is 5.13. The lowest BCUT2D eigenvalue weighted by atomic mass is 10.1. The summed E-state index contributed by atoms with van der Waals surface area (Å²) < 4.78 is 0. The molecule has 0 aliphatic carbocycles. The van der Waals surface area contributed by atoms with Crippen molar-refractivity contribution in [3.05, 3.63) is 64.3 Å². The number of nitro groups is 1. The number of amides is 1. The molecule has 2 aromatic rings. The standard InChI is InChI=1S/C19H18N4O3/c1-15-14-21(19-17(23(25)26)8-5-11-20-19)12-13-22(15)18(24)10-9-16-6-3-2-4-7-16/h2-8,11,15H,12-14H2,1H3. The first-order valence-electron chi connectivity index (χ1n) is 8.28. The van der Waals surface area contributed by atoms with Crippen molar-refractivity contribution in [1.82, 2.24) is 9.88 Å². The molecule has 1 aromatic heterocycles. The second-order valence-electron chi connectivity index (χ2n) is 6.01. The van der Waals surface area contributed by atoms with Gasteiger partial charge in [-0.3, -0.25) is 14.9 Å². The number of hydrogen-bond donors (Lipinski definition) is 0. The van der Waals surface area contributed by atoms with Crippen molar-refractivity contribution in [3.8, 4) is 11.8 Å². The van der Waals surface area contributed by atoms with E-state index in [2.05, 4.69) is 16.8 Å². The number of pyridine rings is 1. The summed E-state index contributed by atoms with van der Waals surface area (Å²) in [6.07, 6.45) is 1.54. The maximum absolute atomic E-state index is 12.4. The van der Waals surface area contributed by atoms with Gasteiger partial charge in [0.25, 0.3) is 5.91 Å². The average Bonchev–Trinajstić information content (AvgIpc) is 2.66. The van der Waals surface area contributed by atoms with Crippen LogP contribution < -0.4 is 4.90 Å². The molecule has 0 N–H and O–H groups in total. The summed E-state index contributed by atoms with van der Waals surface area (Å²) in [4.78, 5) is 30.9. The van der Waals surface area contributed by atoms with Gasteiger partial charge in [-0.1, -0.05) is 24.1 Å². The minimum absolute atomic E-state index is 0.0247. The molecule has 1 aliphatic heterocycles. The highest BCUT2D eigenvalue weighted by Crippen LogP contribution is 2.26. The summed E-state index contributed by atoms with van der Waals surface area (Å²) in [6, 6.07) is 12.2. The molecule has 0 bridgehead atoms. The first-order valence-corrected chi connectivity index (χ1v) is 8.28. The van der Waals surface area contributed by atoms with Gasteiger partial charge in [-0.2, -0.15) is 0 Å². The van der Waals surface area contributed by atoms with Crippen molar-refractivity contribution in [2.45, 2.75) is 13.0 Å². The number of hydrogen-bond acceptors (Lipinski definition) is 5. The third-order valence-corrected chi connectivity index (χ3v) is 4.24. The van der Waals surface area contributed by atoms with Crippen LogP contribution in [0.15, 0.2) is 48.7 Å². The van der Waals surface area contributed by atoms with E-state index in [9.17, 15) is 14.9 Å². The smallest absolute Gasteiger partial charge is 0.311 e. The molecule has 1 aromatic carbocycles. The third-order valence-electron chi connectivity index (χ3n) is 4.24. The first-order chi connectivity index (χ1) is 12.6. The van der Waals surface area contributed by atoms with Gasteiger partial charge in [0.2, 0.25) is 5.82 Å². The SMILES string of the molecule is CC1CN(c2ncccc2[N+](=O)[O-])CCN1C(=O)C#Cc1ccccc1. The molecule has 3 rings (SSSR count). The van der Waals surface area contributed by atoms with Crippen LogP contribution in [-0.2, 0) is 4.79 Å². The van der Waals surface area contributed by atoms with E-state index in [1.807, 2.05) is 42.2 Å². The van der Waals surface area contributed by atoms with E-state index in [0.29, 0.717) is 25.5 Å². The summed E-state index contributed by atoms with van der Waals surface area (Å²) in [5.41, 5.74) is 0.764. The fourth-order valence-electron chi connectivity index (χ4n) is 2.95. The van der Waals surface area contributed by atoms with Gasteiger partial charge in [0, 0.05) is 49.4 Å². The Hall–Kier alpha value is -3.40. The van der Waals surface area contributed by atoms with Crippen molar-refractivity contribution in [3.63, 3.8) is 0 Å². The van der Waals surface area contributed by atoms with Gasteiger partial charge in [-0.05, 0) is 25.1 Å². The van der Waals surface area contributed by atoms with Gasteiger partial charge in [-0.25, -0.2) is 4.98 Å². The number of aromatic nitrogens is 1. The molecule has 7 heteroatoms. The number of piperazine rings is 1. The normalized spacial score (nSPS) is 16.6. The van der Waals surface area contributed by atoms with E-state index in [0.717, 1.165) is 5.56 Å². The van der Waals surface area contributed by atoms with Crippen LogP contribution in [-0.4, -0.2) is 46.4 Å². The van der Waals surface area contributed by atoms with E-state index in [1.165, 1.54) is 12.3 Å². The van der Waals surface area contributed by atoms with Crippen LogP contribution in [0.2, 0.25) is 0 Å². The summed E-state index contributed by atoms with van der Waals surface area (Å²) in [6.45, 7) is 3.29. The van der Waals surface area contributed by atoms with Gasteiger partial charge in [0.05, 0.1) is 4.92 Å². The van der Waals surface area contributed by atoms with Gasteiger partial charge in [0.1, 0.15) is 0 Å². The van der Waals surface area contributed by atoms with Gasteiger partial charge in [0.15, 0.2) is 0 Å². The molecule has 1 aliphatic rings. The number of anilines is 1. The number of rotatable bonds is 2. The molecule has 1 fully saturated rings. The van der Waals surface area contributed by atoms with Crippen LogP contribution in [0.4, 0.5) is 11.5 Å². The van der Waals surface area contributed by atoms with Crippen molar-refractivity contribution in [2.75, 3.05) is 24.5 Å². The minimum atomic E-state index is -0.435. The van der Waals surface area contributed by atoms with Crippen molar-refractivity contribution in [1.29, 1.82) is 0 Å². The molecule has 0 saturated carbocycles. The Labute approximate surface area is 151 Å². The highest BCUT2D eigenvalue weighted by Gasteiger charge is 2.30. The van der Waals surface area contributed by atoms with E-state index in [-0.39, 0.29) is 17.6 Å². The minimum Gasteiger partial charge on any atom is -0.347 e. The number of carbonyl (C=O) groups excluding carboxylic acids is 1. The van der Waals surface area contributed by atoms with Crippen LogP contribution in [0.5, 0.6) is 0 Å². The second-order valence-corrected chi connectivity index (χ2v) is 6.01. The van der Waals surface area contributed by atoms with Crippen LogP contribution >= 0.6 is 0 Å². The fourth-order valence-corrected chi connectivity index (χ4v) is 2.95. The molecule has 1 atom stereocenters. The molecular weight excluding hydrogens is 332 g/mol. The van der Waals surface area contributed by atoms with Gasteiger partial charge in [-0.15, -0.1) is 0 Å². The topological polar surface area (TPSA) is 79.6 Å². The zero-order valence-electron chi connectivity index (χ0n) is 14.3. The lowest BCUT2D eigenvalue weighted by Gasteiger charge is -2.39. The molecule has 26 heavy (non-hydrogen) atoms. The molecule has 7 nitrogen and oxygen atoms in total. The average molecular weight is 350 g/mol. The Morgan fingerprint density at radius 2 is 2.00 bits per heavy atom. The molecule has 1 amide bonds.